The van der Waals surface area contributed by atoms with Gasteiger partial charge in [-0.05, 0) is 46.0 Å². The van der Waals surface area contributed by atoms with Crippen LogP contribution in [0.25, 0.3) is 0 Å². The highest BCUT2D eigenvalue weighted by Gasteiger charge is 2.36. The number of nitrogens with two attached hydrogens (primary N) is 1. The Morgan fingerprint density at radius 3 is 2.48 bits per heavy atom. The molecule has 0 amide bonds. The first kappa shape index (κ1) is 18.2. The maximum absolute atomic E-state index is 6.13. The van der Waals surface area contributed by atoms with E-state index in [4.69, 9.17) is 17.3 Å². The zero-order valence-electron chi connectivity index (χ0n) is 13.9. The molecule has 5 heteroatoms. The van der Waals surface area contributed by atoms with E-state index in [1.54, 1.807) is 6.20 Å². The molecule has 0 aromatic carbocycles. The second kappa shape index (κ2) is 7.97. The van der Waals surface area contributed by atoms with Crippen LogP contribution in [0.3, 0.4) is 0 Å². The van der Waals surface area contributed by atoms with Crippen LogP contribution in [0.2, 0.25) is 5.02 Å². The maximum atomic E-state index is 6.13. The summed E-state index contributed by atoms with van der Waals surface area (Å²) in [4.78, 5) is 6.65. The highest BCUT2D eigenvalue weighted by atomic mass is 35.5. The van der Waals surface area contributed by atoms with Crippen molar-refractivity contribution >= 4 is 17.4 Å². The lowest BCUT2D eigenvalue weighted by Gasteiger charge is -2.44. The number of anilines is 1. The summed E-state index contributed by atoms with van der Waals surface area (Å²) in [7, 11) is 0. The Morgan fingerprint density at radius 1 is 1.33 bits per heavy atom. The van der Waals surface area contributed by atoms with Gasteiger partial charge in [0.25, 0.3) is 0 Å². The number of hydrogen-bond donors (Lipinski definition) is 2. The van der Waals surface area contributed by atoms with Crippen LogP contribution in [0.1, 0.15) is 52.6 Å². The van der Waals surface area contributed by atoms with Gasteiger partial charge < -0.3 is 11.1 Å². The minimum absolute atomic E-state index is 0.0842. The van der Waals surface area contributed by atoms with Gasteiger partial charge in [-0.2, -0.15) is 0 Å². The number of nitrogen functional groups attached to an aromatic ring is 1. The van der Waals surface area contributed by atoms with E-state index >= 15 is 0 Å². The predicted octanol–water partition coefficient (Wildman–Crippen LogP) is 3.48. The minimum Gasteiger partial charge on any atom is -0.383 e. The monoisotopic (exact) mass is 312 g/mol. The van der Waals surface area contributed by atoms with E-state index in [0.717, 1.165) is 31.6 Å². The standard InChI is InChI=1S/C16H29ClN4/c1-6-9-19-14(16(4,5)21(7-2)8-3)13-10-12(17)11-20-15(13)18/h10-11,14,19H,6-9H2,1-5H3,(H2,18,20). The van der Waals surface area contributed by atoms with Gasteiger partial charge in [-0.3, -0.25) is 4.90 Å². The lowest BCUT2D eigenvalue weighted by Crippen LogP contribution is -2.53. The van der Waals surface area contributed by atoms with Crippen LogP contribution in [0.4, 0.5) is 5.82 Å². The smallest absolute Gasteiger partial charge is 0.128 e. The molecule has 0 saturated carbocycles. The van der Waals surface area contributed by atoms with E-state index in [9.17, 15) is 0 Å². The summed E-state index contributed by atoms with van der Waals surface area (Å²) >= 11 is 6.13. The van der Waals surface area contributed by atoms with E-state index < -0.39 is 0 Å². The summed E-state index contributed by atoms with van der Waals surface area (Å²) < 4.78 is 0. The van der Waals surface area contributed by atoms with Gasteiger partial charge in [0, 0.05) is 17.3 Å². The van der Waals surface area contributed by atoms with Crippen LogP contribution < -0.4 is 11.1 Å². The van der Waals surface area contributed by atoms with Gasteiger partial charge in [-0.25, -0.2) is 4.98 Å². The Balaban J connectivity index is 3.24. The summed E-state index contributed by atoms with van der Waals surface area (Å²) in [5.74, 6) is 0.549. The average molecular weight is 313 g/mol. The third kappa shape index (κ3) is 4.31. The second-order valence-electron chi connectivity index (χ2n) is 5.84. The highest BCUT2D eigenvalue weighted by Crippen LogP contribution is 2.34. The SMILES string of the molecule is CCCNC(c1cc(Cl)cnc1N)C(C)(C)N(CC)CC. The quantitative estimate of drug-likeness (QED) is 0.771. The zero-order chi connectivity index (χ0) is 16.0. The molecular weight excluding hydrogens is 284 g/mol. The first-order valence-electron chi connectivity index (χ1n) is 7.77. The van der Waals surface area contributed by atoms with E-state index in [-0.39, 0.29) is 11.6 Å². The minimum atomic E-state index is -0.0842. The molecule has 0 aliphatic carbocycles. The van der Waals surface area contributed by atoms with Crippen LogP contribution in [-0.4, -0.2) is 35.1 Å². The Hall–Kier alpha value is -0.840. The number of likely N-dealkylation sites (N-methyl/N-ethyl adjacent to an activating group) is 1. The molecule has 0 radical (unpaired) electrons. The van der Waals surface area contributed by atoms with Gasteiger partial charge in [0.2, 0.25) is 0 Å². The molecule has 0 aliphatic rings. The molecule has 4 nitrogen and oxygen atoms in total. The van der Waals surface area contributed by atoms with Gasteiger partial charge in [-0.15, -0.1) is 0 Å². The van der Waals surface area contributed by atoms with Crippen LogP contribution in [0.5, 0.6) is 0 Å². The molecule has 1 heterocycles. The molecular formula is C16H29ClN4. The van der Waals surface area contributed by atoms with Crippen LogP contribution in [0.15, 0.2) is 12.3 Å². The van der Waals surface area contributed by atoms with Crippen molar-refractivity contribution in [1.82, 2.24) is 15.2 Å². The molecule has 21 heavy (non-hydrogen) atoms. The number of pyridine rings is 1. The molecule has 0 saturated heterocycles. The molecule has 0 bridgehead atoms. The molecule has 0 aliphatic heterocycles. The molecule has 0 spiro atoms. The predicted molar refractivity (Wildman–Crippen MR) is 91.7 cm³/mol. The molecule has 1 unspecified atom stereocenters. The van der Waals surface area contributed by atoms with Gasteiger partial charge in [-0.1, -0.05) is 32.4 Å². The van der Waals surface area contributed by atoms with Gasteiger partial charge in [0.1, 0.15) is 5.82 Å². The number of nitrogens with zero attached hydrogens (tertiary/aromatic N) is 2. The Labute approximate surface area is 134 Å². The third-order valence-electron chi connectivity index (χ3n) is 4.11. The lowest BCUT2D eigenvalue weighted by atomic mass is 9.86. The van der Waals surface area contributed by atoms with Crippen molar-refractivity contribution in [2.75, 3.05) is 25.4 Å². The molecule has 1 aromatic heterocycles. The molecule has 0 fully saturated rings. The van der Waals surface area contributed by atoms with E-state index in [2.05, 4.69) is 49.8 Å². The molecule has 1 rings (SSSR count). The lowest BCUT2D eigenvalue weighted by molar-refractivity contribution is 0.0913. The Morgan fingerprint density at radius 2 is 1.95 bits per heavy atom. The van der Waals surface area contributed by atoms with Gasteiger partial charge in [0.15, 0.2) is 0 Å². The zero-order valence-corrected chi connectivity index (χ0v) is 14.7. The summed E-state index contributed by atoms with van der Waals surface area (Å²) in [6.45, 7) is 13.9. The van der Waals surface area contributed by atoms with Gasteiger partial charge >= 0.3 is 0 Å². The fraction of sp³-hybridized carbons (Fsp3) is 0.688. The number of aromatic nitrogens is 1. The summed E-state index contributed by atoms with van der Waals surface area (Å²) in [5.41, 5.74) is 7.01. The van der Waals surface area contributed by atoms with E-state index in [1.807, 2.05) is 6.07 Å². The average Bonchev–Trinajstić information content (AvgIpc) is 2.43. The number of hydrogen-bond acceptors (Lipinski definition) is 4. The number of nitrogens with one attached hydrogen (secondary N) is 1. The Kier molecular flexibility index (Phi) is 6.91. The topological polar surface area (TPSA) is 54.2 Å². The summed E-state index contributed by atoms with van der Waals surface area (Å²) in [6.07, 6.45) is 2.67. The van der Waals surface area contributed by atoms with Crippen molar-refractivity contribution in [2.45, 2.75) is 52.6 Å². The number of halogens is 1. The fourth-order valence-corrected chi connectivity index (χ4v) is 3.11. The summed E-state index contributed by atoms with van der Waals surface area (Å²) in [5, 5.41) is 4.25. The van der Waals surface area contributed by atoms with Crippen LogP contribution >= 0.6 is 11.6 Å². The molecule has 120 valence electrons. The number of rotatable bonds is 8. The molecule has 3 N–H and O–H groups in total. The van der Waals surface area contributed by atoms with Crippen molar-refractivity contribution in [1.29, 1.82) is 0 Å². The van der Waals surface area contributed by atoms with E-state index in [1.165, 1.54) is 0 Å². The van der Waals surface area contributed by atoms with E-state index in [0.29, 0.717) is 10.8 Å². The third-order valence-corrected chi connectivity index (χ3v) is 4.32. The van der Waals surface area contributed by atoms with Crippen molar-refractivity contribution in [3.05, 3.63) is 22.8 Å². The van der Waals surface area contributed by atoms with Crippen molar-refractivity contribution in [3.63, 3.8) is 0 Å². The fourth-order valence-electron chi connectivity index (χ4n) is 2.95. The molecule has 1 atom stereocenters. The van der Waals surface area contributed by atoms with Crippen molar-refractivity contribution in [3.8, 4) is 0 Å². The Bertz CT molecular complexity index is 444. The largest absolute Gasteiger partial charge is 0.383 e. The summed E-state index contributed by atoms with van der Waals surface area (Å²) in [6, 6.07) is 2.02. The van der Waals surface area contributed by atoms with Crippen molar-refractivity contribution in [2.24, 2.45) is 0 Å². The van der Waals surface area contributed by atoms with Crippen LogP contribution in [-0.2, 0) is 0 Å². The second-order valence-corrected chi connectivity index (χ2v) is 6.28. The maximum Gasteiger partial charge on any atom is 0.128 e. The van der Waals surface area contributed by atoms with Crippen molar-refractivity contribution < 1.29 is 0 Å². The first-order valence-corrected chi connectivity index (χ1v) is 8.15. The van der Waals surface area contributed by atoms with Gasteiger partial charge in [0.05, 0.1) is 11.1 Å². The highest BCUT2D eigenvalue weighted by molar-refractivity contribution is 6.30. The normalized spacial score (nSPS) is 13.7. The first-order chi connectivity index (χ1) is 9.88. The molecule has 1 aromatic rings. The van der Waals surface area contributed by atoms with Crippen LogP contribution in [0, 0.1) is 0 Å².